The number of anilines is 1. The zero-order chi connectivity index (χ0) is 10.7. The molecule has 0 amide bonds. The van der Waals surface area contributed by atoms with Gasteiger partial charge in [0.2, 0.25) is 5.95 Å². The molecule has 0 saturated carbocycles. The molecular weight excluding hydrogens is 195 g/mol. The normalized spacial score (nSPS) is 21.7. The first-order valence-corrected chi connectivity index (χ1v) is 5.25. The van der Waals surface area contributed by atoms with Gasteiger partial charge in [0.1, 0.15) is 0 Å². The molecule has 0 radical (unpaired) electrons. The van der Waals surface area contributed by atoms with E-state index in [1.165, 1.54) is 18.8 Å². The Morgan fingerprint density at radius 2 is 2.13 bits per heavy atom. The van der Waals surface area contributed by atoms with E-state index >= 15 is 0 Å². The molecule has 4 nitrogen and oxygen atoms in total. The predicted octanol–water partition coefficient (Wildman–Crippen LogP) is 0.933. The van der Waals surface area contributed by atoms with Gasteiger partial charge >= 0.3 is 0 Å². The second-order valence-corrected chi connectivity index (χ2v) is 3.78. The quantitative estimate of drug-likeness (QED) is 0.789. The number of nitrogens with zero attached hydrogens (tertiary/aromatic N) is 3. The Hall–Kier alpha value is -1.23. The molecule has 1 atom stereocenters. The van der Waals surface area contributed by atoms with E-state index in [2.05, 4.69) is 14.9 Å². The van der Waals surface area contributed by atoms with Gasteiger partial charge in [0.05, 0.1) is 12.4 Å². The second kappa shape index (κ2) is 4.53. The van der Waals surface area contributed by atoms with E-state index in [4.69, 9.17) is 5.73 Å². The topological polar surface area (TPSA) is 55.0 Å². The van der Waals surface area contributed by atoms with Crippen LogP contribution in [0.5, 0.6) is 0 Å². The van der Waals surface area contributed by atoms with Gasteiger partial charge in [-0.2, -0.15) is 0 Å². The Morgan fingerprint density at radius 1 is 1.40 bits per heavy atom. The Morgan fingerprint density at radius 3 is 2.80 bits per heavy atom. The van der Waals surface area contributed by atoms with Crippen molar-refractivity contribution in [3.05, 3.63) is 18.2 Å². The SMILES string of the molecule is NC[C@H]1CCCCN1c1ncc(F)cn1. The fourth-order valence-electron chi connectivity index (χ4n) is 1.96. The third-order valence-electron chi connectivity index (χ3n) is 2.76. The van der Waals surface area contributed by atoms with Crippen LogP contribution in [0.15, 0.2) is 12.4 Å². The van der Waals surface area contributed by atoms with Crippen molar-refractivity contribution in [1.29, 1.82) is 0 Å². The van der Waals surface area contributed by atoms with E-state index in [0.717, 1.165) is 19.4 Å². The second-order valence-electron chi connectivity index (χ2n) is 3.78. The predicted molar refractivity (Wildman–Crippen MR) is 56.0 cm³/mol. The van der Waals surface area contributed by atoms with E-state index in [1.54, 1.807) is 0 Å². The van der Waals surface area contributed by atoms with Crippen molar-refractivity contribution in [2.45, 2.75) is 25.3 Å². The lowest BCUT2D eigenvalue weighted by molar-refractivity contribution is 0.457. The minimum atomic E-state index is -0.403. The number of halogens is 1. The van der Waals surface area contributed by atoms with Crippen molar-refractivity contribution in [2.24, 2.45) is 5.73 Å². The highest BCUT2D eigenvalue weighted by Crippen LogP contribution is 2.20. The molecule has 2 N–H and O–H groups in total. The van der Waals surface area contributed by atoms with Gasteiger partial charge in [-0.25, -0.2) is 14.4 Å². The summed E-state index contributed by atoms with van der Waals surface area (Å²) in [5.74, 6) is 0.187. The van der Waals surface area contributed by atoms with Crippen molar-refractivity contribution in [3.8, 4) is 0 Å². The maximum atomic E-state index is 12.7. The van der Waals surface area contributed by atoms with Crippen LogP contribution < -0.4 is 10.6 Å². The van der Waals surface area contributed by atoms with Crippen LogP contribution in [0.25, 0.3) is 0 Å². The van der Waals surface area contributed by atoms with Gasteiger partial charge in [-0.1, -0.05) is 0 Å². The summed E-state index contributed by atoms with van der Waals surface area (Å²) < 4.78 is 12.7. The molecule has 1 saturated heterocycles. The molecule has 1 aliphatic heterocycles. The Bertz CT molecular complexity index is 314. The largest absolute Gasteiger partial charge is 0.337 e. The van der Waals surface area contributed by atoms with Crippen molar-refractivity contribution < 1.29 is 4.39 Å². The van der Waals surface area contributed by atoms with Gasteiger partial charge in [-0.3, -0.25) is 0 Å². The van der Waals surface area contributed by atoms with Gasteiger partial charge in [-0.15, -0.1) is 0 Å². The Balaban J connectivity index is 2.16. The van der Waals surface area contributed by atoms with E-state index in [-0.39, 0.29) is 0 Å². The molecule has 0 spiro atoms. The van der Waals surface area contributed by atoms with Gasteiger partial charge in [0.15, 0.2) is 5.82 Å². The fourth-order valence-corrected chi connectivity index (χ4v) is 1.96. The summed E-state index contributed by atoms with van der Waals surface area (Å²) in [4.78, 5) is 10.0. The monoisotopic (exact) mass is 210 g/mol. The summed E-state index contributed by atoms with van der Waals surface area (Å²) in [6.45, 7) is 1.51. The van der Waals surface area contributed by atoms with Gasteiger partial charge in [0, 0.05) is 19.1 Å². The van der Waals surface area contributed by atoms with E-state index in [1.807, 2.05) is 0 Å². The fraction of sp³-hybridized carbons (Fsp3) is 0.600. The molecule has 2 heterocycles. The number of nitrogens with two attached hydrogens (primary N) is 1. The molecule has 1 aromatic rings. The van der Waals surface area contributed by atoms with Crippen LogP contribution in [0.4, 0.5) is 10.3 Å². The number of hydrogen-bond acceptors (Lipinski definition) is 4. The lowest BCUT2D eigenvalue weighted by Gasteiger charge is -2.34. The average molecular weight is 210 g/mol. The number of piperidine rings is 1. The van der Waals surface area contributed by atoms with Crippen LogP contribution in [-0.2, 0) is 0 Å². The molecule has 1 fully saturated rings. The highest BCUT2D eigenvalue weighted by Gasteiger charge is 2.22. The van der Waals surface area contributed by atoms with Crippen LogP contribution in [-0.4, -0.2) is 29.1 Å². The van der Waals surface area contributed by atoms with Crippen LogP contribution >= 0.6 is 0 Å². The minimum absolute atomic E-state index is 0.296. The number of rotatable bonds is 2. The van der Waals surface area contributed by atoms with Crippen molar-refractivity contribution in [3.63, 3.8) is 0 Å². The van der Waals surface area contributed by atoms with Crippen LogP contribution in [0, 0.1) is 5.82 Å². The van der Waals surface area contributed by atoms with E-state index < -0.39 is 5.82 Å². The van der Waals surface area contributed by atoms with E-state index in [0.29, 0.717) is 18.5 Å². The molecule has 5 heteroatoms. The summed E-state index contributed by atoms with van der Waals surface area (Å²) in [6.07, 6.45) is 5.78. The number of aromatic nitrogens is 2. The third kappa shape index (κ3) is 2.23. The highest BCUT2D eigenvalue weighted by molar-refractivity contribution is 5.31. The first-order valence-electron chi connectivity index (χ1n) is 5.25. The highest BCUT2D eigenvalue weighted by atomic mass is 19.1. The van der Waals surface area contributed by atoms with Crippen LogP contribution in [0.2, 0.25) is 0 Å². The molecule has 2 rings (SSSR count). The first-order chi connectivity index (χ1) is 7.31. The van der Waals surface area contributed by atoms with Gasteiger partial charge < -0.3 is 10.6 Å². The minimum Gasteiger partial charge on any atom is -0.337 e. The standard InChI is InChI=1S/C10H15FN4/c11-8-6-13-10(14-7-8)15-4-2-1-3-9(15)5-12/h6-7,9H,1-5,12H2/t9-/m1/s1. The molecule has 1 aliphatic rings. The maximum absolute atomic E-state index is 12.7. The maximum Gasteiger partial charge on any atom is 0.225 e. The van der Waals surface area contributed by atoms with Crippen LogP contribution in [0.3, 0.4) is 0 Å². The molecule has 0 unspecified atom stereocenters. The van der Waals surface area contributed by atoms with Crippen molar-refractivity contribution >= 4 is 5.95 Å². The zero-order valence-electron chi connectivity index (χ0n) is 8.56. The third-order valence-corrected chi connectivity index (χ3v) is 2.76. The molecule has 15 heavy (non-hydrogen) atoms. The number of hydrogen-bond donors (Lipinski definition) is 1. The smallest absolute Gasteiger partial charge is 0.225 e. The lowest BCUT2D eigenvalue weighted by Crippen LogP contribution is -2.45. The summed E-state index contributed by atoms with van der Waals surface area (Å²) in [7, 11) is 0. The first kappa shape index (κ1) is 10.3. The lowest BCUT2D eigenvalue weighted by atomic mass is 10.0. The summed E-state index contributed by atoms with van der Waals surface area (Å²) >= 11 is 0. The summed E-state index contributed by atoms with van der Waals surface area (Å²) in [5, 5.41) is 0. The average Bonchev–Trinajstić information content (AvgIpc) is 2.30. The summed E-state index contributed by atoms with van der Waals surface area (Å²) in [5.41, 5.74) is 5.69. The summed E-state index contributed by atoms with van der Waals surface area (Å²) in [6, 6.07) is 0.296. The Labute approximate surface area is 88.3 Å². The van der Waals surface area contributed by atoms with Gasteiger partial charge in [0.25, 0.3) is 0 Å². The Kier molecular flexibility index (Phi) is 3.11. The van der Waals surface area contributed by atoms with Crippen LogP contribution in [0.1, 0.15) is 19.3 Å². The van der Waals surface area contributed by atoms with Crippen molar-refractivity contribution in [1.82, 2.24) is 9.97 Å². The molecule has 0 bridgehead atoms. The molecule has 0 aliphatic carbocycles. The van der Waals surface area contributed by atoms with E-state index in [9.17, 15) is 4.39 Å². The molecular formula is C10H15FN4. The molecule has 82 valence electrons. The zero-order valence-corrected chi connectivity index (χ0v) is 8.56. The molecule has 1 aromatic heterocycles. The van der Waals surface area contributed by atoms with Crippen molar-refractivity contribution in [2.75, 3.05) is 18.0 Å². The van der Waals surface area contributed by atoms with Gasteiger partial charge in [-0.05, 0) is 19.3 Å². The molecule has 0 aromatic carbocycles.